The number of hydrogen-bond donors (Lipinski definition) is 1. The molecule has 0 saturated carbocycles. The van der Waals surface area contributed by atoms with Crippen LogP contribution >= 0.6 is 0 Å². The van der Waals surface area contributed by atoms with Crippen LogP contribution in [0.4, 0.5) is 5.95 Å². The SMILES string of the molecule is CCCc1cncc2nc(-n3ncnc3N)n(CC)c12. The summed E-state index contributed by atoms with van der Waals surface area (Å²) >= 11 is 0. The number of rotatable bonds is 4. The molecule has 2 N–H and O–H groups in total. The van der Waals surface area contributed by atoms with E-state index in [1.165, 1.54) is 11.9 Å². The molecule has 3 aromatic rings. The zero-order chi connectivity index (χ0) is 14.1. The van der Waals surface area contributed by atoms with Gasteiger partial charge in [-0.3, -0.25) is 4.98 Å². The highest BCUT2D eigenvalue weighted by Crippen LogP contribution is 2.23. The third kappa shape index (κ3) is 1.82. The summed E-state index contributed by atoms with van der Waals surface area (Å²) in [7, 11) is 0. The molecule has 104 valence electrons. The molecule has 0 atom stereocenters. The average Bonchev–Trinajstić information content (AvgIpc) is 3.02. The number of nitrogens with two attached hydrogens (primary N) is 1. The summed E-state index contributed by atoms with van der Waals surface area (Å²) in [4.78, 5) is 12.8. The molecule has 0 spiro atoms. The molecule has 3 aromatic heterocycles. The molecule has 0 amide bonds. The minimum absolute atomic E-state index is 0.333. The van der Waals surface area contributed by atoms with Crippen molar-refractivity contribution in [3.8, 4) is 5.95 Å². The van der Waals surface area contributed by atoms with Gasteiger partial charge in [0.15, 0.2) is 0 Å². The van der Waals surface area contributed by atoms with Crippen molar-refractivity contribution in [1.82, 2.24) is 29.3 Å². The van der Waals surface area contributed by atoms with Gasteiger partial charge < -0.3 is 10.3 Å². The van der Waals surface area contributed by atoms with Crippen molar-refractivity contribution in [3.05, 3.63) is 24.3 Å². The molecule has 0 aliphatic rings. The Morgan fingerprint density at radius 1 is 1.25 bits per heavy atom. The molecule has 0 radical (unpaired) electrons. The summed E-state index contributed by atoms with van der Waals surface area (Å²) in [5.41, 5.74) is 9.00. The lowest BCUT2D eigenvalue weighted by molar-refractivity contribution is 0.703. The van der Waals surface area contributed by atoms with Gasteiger partial charge in [-0.25, -0.2) is 4.98 Å². The number of pyridine rings is 1. The third-order valence-electron chi connectivity index (χ3n) is 3.30. The number of nitrogens with zero attached hydrogens (tertiary/aromatic N) is 6. The van der Waals surface area contributed by atoms with Crippen LogP contribution in [-0.2, 0) is 13.0 Å². The summed E-state index contributed by atoms with van der Waals surface area (Å²) in [6.45, 7) is 5.02. The van der Waals surface area contributed by atoms with Crippen LogP contribution in [0.2, 0.25) is 0 Å². The minimum atomic E-state index is 0.333. The van der Waals surface area contributed by atoms with E-state index in [9.17, 15) is 0 Å². The molecule has 7 heteroatoms. The Hall–Kier alpha value is -2.44. The normalized spacial score (nSPS) is 11.3. The molecule has 7 nitrogen and oxygen atoms in total. The van der Waals surface area contributed by atoms with Crippen molar-refractivity contribution in [3.63, 3.8) is 0 Å². The van der Waals surface area contributed by atoms with E-state index in [1.807, 2.05) is 6.20 Å². The van der Waals surface area contributed by atoms with E-state index in [0.717, 1.165) is 30.4 Å². The molecule has 0 aromatic carbocycles. The summed E-state index contributed by atoms with van der Waals surface area (Å²) in [6.07, 6.45) is 7.16. The van der Waals surface area contributed by atoms with Crippen molar-refractivity contribution in [2.24, 2.45) is 0 Å². The first-order valence-electron chi connectivity index (χ1n) is 6.75. The predicted octanol–water partition coefficient (Wildman–Crippen LogP) is 1.57. The van der Waals surface area contributed by atoms with Gasteiger partial charge in [-0.2, -0.15) is 14.8 Å². The maximum atomic E-state index is 5.84. The number of fused-ring (bicyclic) bond motifs is 1. The fourth-order valence-corrected chi connectivity index (χ4v) is 2.46. The van der Waals surface area contributed by atoms with Crippen molar-refractivity contribution in [2.75, 3.05) is 5.73 Å². The van der Waals surface area contributed by atoms with Crippen molar-refractivity contribution in [1.29, 1.82) is 0 Å². The highest BCUT2D eigenvalue weighted by Gasteiger charge is 2.16. The lowest BCUT2D eigenvalue weighted by Gasteiger charge is -2.08. The number of aryl methyl sites for hydroxylation is 2. The number of hydrogen-bond acceptors (Lipinski definition) is 5. The average molecular weight is 271 g/mol. The predicted molar refractivity (Wildman–Crippen MR) is 76.5 cm³/mol. The summed E-state index contributed by atoms with van der Waals surface area (Å²) in [5.74, 6) is 1.02. The molecular formula is C13H17N7. The van der Waals surface area contributed by atoms with Crippen LogP contribution < -0.4 is 5.73 Å². The number of anilines is 1. The Kier molecular flexibility index (Phi) is 3.09. The maximum Gasteiger partial charge on any atom is 0.235 e. The Labute approximate surface area is 116 Å². The largest absolute Gasteiger partial charge is 0.368 e. The molecule has 0 bridgehead atoms. The van der Waals surface area contributed by atoms with E-state index in [1.54, 1.807) is 10.9 Å². The monoisotopic (exact) mass is 271 g/mol. The van der Waals surface area contributed by atoms with Crippen LogP contribution in [0, 0.1) is 0 Å². The van der Waals surface area contributed by atoms with Gasteiger partial charge in [0.2, 0.25) is 11.9 Å². The first kappa shape index (κ1) is 12.6. The van der Waals surface area contributed by atoms with Crippen LogP contribution in [0.1, 0.15) is 25.8 Å². The number of nitrogen functional groups attached to an aromatic ring is 1. The first-order chi connectivity index (χ1) is 9.76. The molecule has 20 heavy (non-hydrogen) atoms. The number of aromatic nitrogens is 6. The third-order valence-corrected chi connectivity index (χ3v) is 3.30. The van der Waals surface area contributed by atoms with Gasteiger partial charge >= 0.3 is 0 Å². The molecule has 3 heterocycles. The molecule has 3 rings (SSSR count). The fraction of sp³-hybridized carbons (Fsp3) is 0.385. The molecular weight excluding hydrogens is 254 g/mol. The lowest BCUT2D eigenvalue weighted by atomic mass is 10.1. The smallest absolute Gasteiger partial charge is 0.235 e. The molecule has 0 unspecified atom stereocenters. The zero-order valence-electron chi connectivity index (χ0n) is 11.6. The maximum absolute atomic E-state index is 5.84. The highest BCUT2D eigenvalue weighted by molar-refractivity contribution is 5.80. The lowest BCUT2D eigenvalue weighted by Crippen LogP contribution is -2.10. The fourth-order valence-electron chi connectivity index (χ4n) is 2.46. The van der Waals surface area contributed by atoms with Crippen LogP contribution in [0.5, 0.6) is 0 Å². The molecule has 0 aliphatic heterocycles. The zero-order valence-corrected chi connectivity index (χ0v) is 11.6. The van der Waals surface area contributed by atoms with Crippen molar-refractivity contribution < 1.29 is 0 Å². The second-order valence-corrected chi connectivity index (χ2v) is 4.60. The van der Waals surface area contributed by atoms with E-state index in [4.69, 9.17) is 5.73 Å². The van der Waals surface area contributed by atoms with Gasteiger partial charge in [0.25, 0.3) is 0 Å². The Balaban J connectivity index is 2.29. The van der Waals surface area contributed by atoms with E-state index in [2.05, 4.69) is 38.5 Å². The van der Waals surface area contributed by atoms with Crippen LogP contribution in [0.15, 0.2) is 18.7 Å². The Morgan fingerprint density at radius 3 is 2.75 bits per heavy atom. The summed E-state index contributed by atoms with van der Waals surface area (Å²) < 4.78 is 3.66. The second-order valence-electron chi connectivity index (χ2n) is 4.60. The van der Waals surface area contributed by atoms with E-state index in [-0.39, 0.29) is 0 Å². The quantitative estimate of drug-likeness (QED) is 0.778. The van der Waals surface area contributed by atoms with E-state index in [0.29, 0.717) is 11.9 Å². The van der Waals surface area contributed by atoms with Gasteiger partial charge in [-0.1, -0.05) is 13.3 Å². The summed E-state index contributed by atoms with van der Waals surface area (Å²) in [6, 6.07) is 0. The standard InChI is InChI=1S/C13H17N7/c1-3-5-9-6-15-7-10-11(9)19(4-2)13(18-10)20-12(14)16-8-17-20/h6-8H,3-5H2,1-2H3,(H2,14,16,17). The Morgan fingerprint density at radius 2 is 2.10 bits per heavy atom. The van der Waals surface area contributed by atoms with Gasteiger partial charge in [0.05, 0.1) is 11.7 Å². The topological polar surface area (TPSA) is 87.4 Å². The molecule has 0 aliphatic carbocycles. The summed E-state index contributed by atoms with van der Waals surface area (Å²) in [5, 5.41) is 4.14. The van der Waals surface area contributed by atoms with Crippen molar-refractivity contribution in [2.45, 2.75) is 33.2 Å². The second kappa shape index (κ2) is 4.92. The minimum Gasteiger partial charge on any atom is -0.368 e. The number of imidazole rings is 1. The van der Waals surface area contributed by atoms with E-state index < -0.39 is 0 Å². The van der Waals surface area contributed by atoms with Crippen LogP contribution in [0.25, 0.3) is 17.0 Å². The Bertz CT molecular complexity index is 740. The van der Waals surface area contributed by atoms with Gasteiger partial charge in [-0.05, 0) is 18.9 Å². The van der Waals surface area contributed by atoms with Crippen LogP contribution in [-0.4, -0.2) is 29.3 Å². The van der Waals surface area contributed by atoms with Gasteiger partial charge in [0.1, 0.15) is 11.8 Å². The van der Waals surface area contributed by atoms with Crippen LogP contribution in [0.3, 0.4) is 0 Å². The highest BCUT2D eigenvalue weighted by atomic mass is 15.4. The van der Waals surface area contributed by atoms with E-state index >= 15 is 0 Å². The van der Waals surface area contributed by atoms with Crippen molar-refractivity contribution >= 4 is 17.0 Å². The first-order valence-corrected chi connectivity index (χ1v) is 6.75. The molecule has 0 saturated heterocycles. The molecule has 0 fully saturated rings. The van der Waals surface area contributed by atoms with Gasteiger partial charge in [0, 0.05) is 12.7 Å². The van der Waals surface area contributed by atoms with Gasteiger partial charge in [-0.15, -0.1) is 0 Å².